The van der Waals surface area contributed by atoms with Crippen molar-refractivity contribution in [3.05, 3.63) is 35.9 Å². The van der Waals surface area contributed by atoms with Crippen molar-refractivity contribution in [2.24, 2.45) is 0 Å². The first-order valence-electron chi connectivity index (χ1n) is 8.85. The van der Waals surface area contributed by atoms with Crippen molar-refractivity contribution >= 4 is 12.0 Å². The highest BCUT2D eigenvalue weighted by molar-refractivity contribution is 5.74. The summed E-state index contributed by atoms with van der Waals surface area (Å²) in [6.45, 7) is 0. The van der Waals surface area contributed by atoms with Crippen molar-refractivity contribution in [1.82, 2.24) is 10.2 Å². The number of hydrogen-bond donors (Lipinski definition) is 2. The van der Waals surface area contributed by atoms with Crippen molar-refractivity contribution in [2.75, 3.05) is 7.05 Å². The zero-order chi connectivity index (χ0) is 17.4. The molecule has 2 N–H and O–H groups in total. The van der Waals surface area contributed by atoms with E-state index in [-0.39, 0.29) is 18.5 Å². The predicted octanol–water partition coefficient (Wildman–Crippen LogP) is 3.44. The number of urea groups is 1. The summed E-state index contributed by atoms with van der Waals surface area (Å²) in [5, 5.41) is 12.0. The molecule has 0 radical (unpaired) electrons. The molecule has 0 heterocycles. The van der Waals surface area contributed by atoms with Crippen LogP contribution in [0.1, 0.15) is 50.5 Å². The standard InChI is InChI=1S/C19H28N2O3/c1-21(17-10-6-3-7-11-17)19(24)20-16(12-13-18(22)23)14-15-8-4-2-5-9-15/h2,4-5,8-9,16-17H,3,6-7,10-14H2,1H3,(H,20,24)(H,22,23). The molecule has 1 aromatic rings. The third-order valence-corrected chi connectivity index (χ3v) is 4.80. The summed E-state index contributed by atoms with van der Waals surface area (Å²) in [4.78, 5) is 25.3. The minimum absolute atomic E-state index is 0.0604. The second kappa shape index (κ2) is 9.30. The molecule has 1 aromatic carbocycles. The molecule has 5 heteroatoms. The minimum Gasteiger partial charge on any atom is -0.481 e. The van der Waals surface area contributed by atoms with Crippen molar-refractivity contribution in [2.45, 2.75) is 63.5 Å². The van der Waals surface area contributed by atoms with Gasteiger partial charge in [0.05, 0.1) is 0 Å². The molecule has 2 amide bonds. The zero-order valence-electron chi connectivity index (χ0n) is 14.4. The predicted molar refractivity (Wildman–Crippen MR) is 94.0 cm³/mol. The highest BCUT2D eigenvalue weighted by Crippen LogP contribution is 2.21. The number of carbonyl (C=O) groups is 2. The molecule has 0 aromatic heterocycles. The molecule has 5 nitrogen and oxygen atoms in total. The largest absolute Gasteiger partial charge is 0.481 e. The van der Waals surface area contributed by atoms with E-state index in [4.69, 9.17) is 5.11 Å². The summed E-state index contributed by atoms with van der Waals surface area (Å²) in [7, 11) is 1.85. The highest BCUT2D eigenvalue weighted by atomic mass is 16.4. The van der Waals surface area contributed by atoms with Gasteiger partial charge in [0.1, 0.15) is 0 Å². The van der Waals surface area contributed by atoms with E-state index >= 15 is 0 Å². The molecular formula is C19H28N2O3. The summed E-state index contributed by atoms with van der Waals surface area (Å²) in [6, 6.07) is 9.92. The molecule has 132 valence electrons. The first-order valence-corrected chi connectivity index (χ1v) is 8.85. The van der Waals surface area contributed by atoms with Gasteiger partial charge in [-0.1, -0.05) is 49.6 Å². The van der Waals surface area contributed by atoms with Crippen molar-refractivity contribution in [3.63, 3.8) is 0 Å². The van der Waals surface area contributed by atoms with Crippen LogP contribution in [0.2, 0.25) is 0 Å². The molecule has 0 saturated heterocycles. The van der Waals surface area contributed by atoms with Crippen LogP contribution >= 0.6 is 0 Å². The number of amides is 2. The maximum atomic E-state index is 12.6. The molecule has 1 aliphatic rings. The van der Waals surface area contributed by atoms with Crippen molar-refractivity contribution in [3.8, 4) is 0 Å². The number of carbonyl (C=O) groups excluding carboxylic acids is 1. The number of carboxylic acid groups (broad SMARTS) is 1. The molecule has 1 fully saturated rings. The van der Waals surface area contributed by atoms with E-state index in [2.05, 4.69) is 5.32 Å². The molecule has 0 spiro atoms. The van der Waals surface area contributed by atoms with E-state index in [1.54, 1.807) is 4.90 Å². The Bertz CT molecular complexity index is 527. The fourth-order valence-electron chi connectivity index (χ4n) is 3.33. The summed E-state index contributed by atoms with van der Waals surface area (Å²) < 4.78 is 0. The number of rotatable bonds is 7. The molecule has 1 atom stereocenters. The van der Waals surface area contributed by atoms with E-state index in [1.807, 2.05) is 37.4 Å². The van der Waals surface area contributed by atoms with E-state index in [9.17, 15) is 9.59 Å². The topological polar surface area (TPSA) is 69.6 Å². The van der Waals surface area contributed by atoms with Crippen molar-refractivity contribution < 1.29 is 14.7 Å². The van der Waals surface area contributed by atoms with Crippen LogP contribution in [0.3, 0.4) is 0 Å². The van der Waals surface area contributed by atoms with Crippen LogP contribution < -0.4 is 5.32 Å². The second-order valence-corrected chi connectivity index (χ2v) is 6.67. The lowest BCUT2D eigenvalue weighted by atomic mass is 9.94. The summed E-state index contributed by atoms with van der Waals surface area (Å²) >= 11 is 0. The molecule has 24 heavy (non-hydrogen) atoms. The van der Waals surface area contributed by atoms with Crippen LogP contribution in [0.25, 0.3) is 0 Å². The van der Waals surface area contributed by atoms with Crippen LogP contribution in [0.4, 0.5) is 4.79 Å². The van der Waals surface area contributed by atoms with Gasteiger partial charge in [0.25, 0.3) is 0 Å². The smallest absolute Gasteiger partial charge is 0.317 e. The third kappa shape index (κ3) is 5.87. The van der Waals surface area contributed by atoms with E-state index in [1.165, 1.54) is 19.3 Å². The third-order valence-electron chi connectivity index (χ3n) is 4.80. The van der Waals surface area contributed by atoms with Crippen LogP contribution in [-0.4, -0.2) is 41.1 Å². The summed E-state index contributed by atoms with van der Waals surface area (Å²) in [5.74, 6) is -0.831. The Balaban J connectivity index is 1.94. The summed E-state index contributed by atoms with van der Waals surface area (Å²) in [5.41, 5.74) is 1.11. The number of hydrogen-bond acceptors (Lipinski definition) is 2. The van der Waals surface area contributed by atoms with Crippen LogP contribution in [-0.2, 0) is 11.2 Å². The Morgan fingerprint density at radius 1 is 1.21 bits per heavy atom. The zero-order valence-corrected chi connectivity index (χ0v) is 14.4. The number of nitrogens with zero attached hydrogens (tertiary/aromatic N) is 1. The lowest BCUT2D eigenvalue weighted by Crippen LogP contribution is -2.48. The summed E-state index contributed by atoms with van der Waals surface area (Å²) in [6.07, 6.45) is 6.87. The maximum Gasteiger partial charge on any atom is 0.317 e. The molecule has 1 unspecified atom stereocenters. The Labute approximate surface area is 144 Å². The van der Waals surface area contributed by atoms with E-state index in [0.717, 1.165) is 18.4 Å². The number of benzene rings is 1. The molecule has 0 bridgehead atoms. The SMILES string of the molecule is CN(C(=O)NC(CCC(=O)O)Cc1ccccc1)C1CCCCC1. The van der Waals surface area contributed by atoms with Gasteiger partial charge in [0.15, 0.2) is 0 Å². The molecule has 1 aliphatic carbocycles. The lowest BCUT2D eigenvalue weighted by molar-refractivity contribution is -0.137. The molecular weight excluding hydrogens is 304 g/mol. The highest BCUT2D eigenvalue weighted by Gasteiger charge is 2.24. The quantitative estimate of drug-likeness (QED) is 0.803. The van der Waals surface area contributed by atoms with Gasteiger partial charge in [0.2, 0.25) is 0 Å². The number of aliphatic carboxylic acids is 1. The minimum atomic E-state index is -0.831. The van der Waals surface area contributed by atoms with Gasteiger partial charge in [-0.05, 0) is 31.2 Å². The van der Waals surface area contributed by atoms with Crippen molar-refractivity contribution in [1.29, 1.82) is 0 Å². The van der Waals surface area contributed by atoms with Gasteiger partial charge in [-0.2, -0.15) is 0 Å². The van der Waals surface area contributed by atoms with Gasteiger partial charge in [-0.15, -0.1) is 0 Å². The fraction of sp³-hybridized carbons (Fsp3) is 0.579. The monoisotopic (exact) mass is 332 g/mol. The normalized spacial score (nSPS) is 16.4. The van der Waals surface area contributed by atoms with Gasteiger partial charge in [0, 0.05) is 25.6 Å². The lowest BCUT2D eigenvalue weighted by Gasteiger charge is -2.32. The van der Waals surface area contributed by atoms with E-state index in [0.29, 0.717) is 18.9 Å². The Kier molecular flexibility index (Phi) is 7.09. The Hall–Kier alpha value is -2.04. The fourth-order valence-corrected chi connectivity index (χ4v) is 3.33. The Morgan fingerprint density at radius 3 is 2.50 bits per heavy atom. The molecule has 1 saturated carbocycles. The van der Waals surface area contributed by atoms with Gasteiger partial charge in [-0.25, -0.2) is 4.79 Å². The molecule has 2 rings (SSSR count). The maximum absolute atomic E-state index is 12.6. The average molecular weight is 332 g/mol. The first kappa shape index (κ1) is 18.3. The van der Waals surface area contributed by atoms with E-state index < -0.39 is 5.97 Å². The number of carboxylic acids is 1. The number of nitrogens with one attached hydrogen (secondary N) is 1. The van der Waals surface area contributed by atoms with Crippen LogP contribution in [0, 0.1) is 0 Å². The molecule has 0 aliphatic heterocycles. The Morgan fingerprint density at radius 2 is 1.88 bits per heavy atom. The average Bonchev–Trinajstić information content (AvgIpc) is 2.60. The van der Waals surface area contributed by atoms with Gasteiger partial charge in [-0.3, -0.25) is 4.79 Å². The second-order valence-electron chi connectivity index (χ2n) is 6.67. The van der Waals surface area contributed by atoms with Gasteiger partial charge >= 0.3 is 12.0 Å². The van der Waals surface area contributed by atoms with Gasteiger partial charge < -0.3 is 15.3 Å². The van der Waals surface area contributed by atoms with Crippen LogP contribution in [0.15, 0.2) is 30.3 Å². The van der Waals surface area contributed by atoms with Crippen LogP contribution in [0.5, 0.6) is 0 Å². The first-order chi connectivity index (χ1) is 11.6.